The number of rotatable bonds is 13. The summed E-state index contributed by atoms with van der Waals surface area (Å²) in [5.74, 6) is 0.192. The fourth-order valence-corrected chi connectivity index (χ4v) is 5.04. The molecule has 31 heavy (non-hydrogen) atoms. The van der Waals surface area contributed by atoms with Gasteiger partial charge in [0.25, 0.3) is 0 Å². The SMILES string of the molecule is C=CCCC(CC(=O)O)S(=O)(=O)N(Cc1ccc(OC)cc1)Cc1ccc(OC)cc1. The zero-order chi connectivity index (χ0) is 22.9. The van der Waals surface area contributed by atoms with Gasteiger partial charge in [0.15, 0.2) is 0 Å². The van der Waals surface area contributed by atoms with Crippen molar-refractivity contribution >= 4 is 16.0 Å². The number of carboxylic acids is 1. The van der Waals surface area contributed by atoms with Crippen molar-refractivity contribution in [1.82, 2.24) is 4.31 Å². The van der Waals surface area contributed by atoms with Gasteiger partial charge in [-0.25, -0.2) is 8.42 Å². The van der Waals surface area contributed by atoms with Crippen molar-refractivity contribution in [2.75, 3.05) is 14.2 Å². The van der Waals surface area contributed by atoms with Crippen molar-refractivity contribution in [1.29, 1.82) is 0 Å². The number of carbonyl (C=O) groups is 1. The summed E-state index contributed by atoms with van der Waals surface area (Å²) in [5.41, 5.74) is 1.55. The molecule has 0 radical (unpaired) electrons. The minimum Gasteiger partial charge on any atom is -0.497 e. The molecule has 0 saturated carbocycles. The third kappa shape index (κ3) is 7.11. The van der Waals surface area contributed by atoms with Gasteiger partial charge in [-0.15, -0.1) is 6.58 Å². The molecule has 1 unspecified atom stereocenters. The highest BCUT2D eigenvalue weighted by molar-refractivity contribution is 7.89. The Labute approximate surface area is 184 Å². The van der Waals surface area contributed by atoms with Crippen LogP contribution < -0.4 is 9.47 Å². The van der Waals surface area contributed by atoms with Crippen molar-refractivity contribution < 1.29 is 27.8 Å². The maximum atomic E-state index is 13.5. The van der Waals surface area contributed by atoms with Gasteiger partial charge < -0.3 is 14.6 Å². The van der Waals surface area contributed by atoms with Crippen molar-refractivity contribution in [2.24, 2.45) is 0 Å². The van der Waals surface area contributed by atoms with Crippen LogP contribution in [0.5, 0.6) is 11.5 Å². The van der Waals surface area contributed by atoms with Crippen LogP contribution in [0.15, 0.2) is 61.2 Å². The van der Waals surface area contributed by atoms with Gasteiger partial charge >= 0.3 is 5.97 Å². The van der Waals surface area contributed by atoms with E-state index in [4.69, 9.17) is 9.47 Å². The summed E-state index contributed by atoms with van der Waals surface area (Å²) < 4.78 is 38.7. The van der Waals surface area contributed by atoms with Gasteiger partial charge in [0.2, 0.25) is 10.0 Å². The summed E-state index contributed by atoms with van der Waals surface area (Å²) in [6, 6.07) is 14.2. The van der Waals surface area contributed by atoms with E-state index in [1.807, 2.05) is 0 Å². The van der Waals surface area contributed by atoms with Gasteiger partial charge in [-0.05, 0) is 48.2 Å². The van der Waals surface area contributed by atoms with Crippen LogP contribution in [0.2, 0.25) is 0 Å². The van der Waals surface area contributed by atoms with Gasteiger partial charge in [0.1, 0.15) is 11.5 Å². The monoisotopic (exact) mass is 447 g/mol. The topological polar surface area (TPSA) is 93.1 Å². The lowest BCUT2D eigenvalue weighted by atomic mass is 10.2. The van der Waals surface area contributed by atoms with E-state index in [1.165, 1.54) is 4.31 Å². The zero-order valence-corrected chi connectivity index (χ0v) is 18.7. The number of aliphatic carboxylic acids is 1. The van der Waals surface area contributed by atoms with Gasteiger partial charge in [0, 0.05) is 13.1 Å². The molecular weight excluding hydrogens is 418 g/mol. The zero-order valence-electron chi connectivity index (χ0n) is 17.9. The number of carboxylic acid groups (broad SMARTS) is 1. The Morgan fingerprint density at radius 3 is 1.81 bits per heavy atom. The molecule has 1 N–H and O–H groups in total. The fraction of sp³-hybridized carbons (Fsp3) is 0.348. The van der Waals surface area contributed by atoms with Gasteiger partial charge in [-0.2, -0.15) is 4.31 Å². The lowest BCUT2D eigenvalue weighted by Crippen LogP contribution is -2.39. The van der Waals surface area contributed by atoms with Crippen LogP contribution in [0.4, 0.5) is 0 Å². The second-order valence-electron chi connectivity index (χ2n) is 7.10. The Kier molecular flexibility index (Phi) is 9.08. The van der Waals surface area contributed by atoms with E-state index in [9.17, 15) is 18.3 Å². The molecule has 0 aromatic heterocycles. The van der Waals surface area contributed by atoms with Crippen molar-refractivity contribution in [3.8, 4) is 11.5 Å². The molecule has 7 nitrogen and oxygen atoms in total. The first-order chi connectivity index (χ1) is 14.8. The van der Waals surface area contributed by atoms with Crippen LogP contribution in [-0.2, 0) is 27.9 Å². The fourth-order valence-electron chi connectivity index (χ4n) is 3.17. The first-order valence-electron chi connectivity index (χ1n) is 9.87. The van der Waals surface area contributed by atoms with Crippen molar-refractivity contribution in [3.63, 3.8) is 0 Å². The molecule has 0 heterocycles. The molecule has 2 aromatic rings. The number of benzene rings is 2. The molecule has 0 amide bonds. The standard InChI is InChI=1S/C23H29NO6S/c1-4-5-6-22(15-23(25)26)31(27,28)24(16-18-7-11-20(29-2)12-8-18)17-19-9-13-21(30-3)14-10-19/h4,7-14,22H,1,5-6,15-17H2,2-3H3,(H,25,26). The quantitative estimate of drug-likeness (QED) is 0.469. The second kappa shape index (κ2) is 11.5. The van der Waals surface area contributed by atoms with Gasteiger partial charge in [0.05, 0.1) is 25.9 Å². The minimum atomic E-state index is -3.92. The maximum absolute atomic E-state index is 13.5. The number of allylic oxidation sites excluding steroid dienone is 1. The van der Waals surface area contributed by atoms with Crippen LogP contribution in [0, 0.1) is 0 Å². The van der Waals surface area contributed by atoms with Crippen LogP contribution in [-0.4, -0.2) is 43.3 Å². The molecule has 8 heteroatoms. The molecule has 1 atom stereocenters. The molecule has 2 rings (SSSR count). The number of hydrogen-bond acceptors (Lipinski definition) is 5. The lowest BCUT2D eigenvalue weighted by Gasteiger charge is -2.27. The Morgan fingerprint density at radius 1 is 1.00 bits per heavy atom. The summed E-state index contributed by atoms with van der Waals surface area (Å²) in [6.07, 6.45) is 1.75. The third-order valence-corrected chi connectivity index (χ3v) is 7.13. The summed E-state index contributed by atoms with van der Waals surface area (Å²) in [6.45, 7) is 3.85. The predicted molar refractivity (Wildman–Crippen MR) is 120 cm³/mol. The molecule has 0 aliphatic heterocycles. The first kappa shape index (κ1) is 24.4. The molecule has 0 fully saturated rings. The van der Waals surface area contributed by atoms with Crippen LogP contribution in [0.3, 0.4) is 0 Å². The highest BCUT2D eigenvalue weighted by atomic mass is 32.2. The molecule has 0 aliphatic carbocycles. The van der Waals surface area contributed by atoms with Crippen LogP contribution in [0.1, 0.15) is 30.4 Å². The molecule has 0 aliphatic rings. The normalized spacial score (nSPS) is 12.4. The van der Waals surface area contributed by atoms with Crippen molar-refractivity contribution in [3.05, 3.63) is 72.3 Å². The molecule has 0 saturated heterocycles. The molecule has 168 valence electrons. The first-order valence-corrected chi connectivity index (χ1v) is 11.4. The molecule has 2 aromatic carbocycles. The maximum Gasteiger partial charge on any atom is 0.304 e. The summed E-state index contributed by atoms with van der Waals surface area (Å²) >= 11 is 0. The number of hydrogen-bond donors (Lipinski definition) is 1. The molecular formula is C23H29NO6S. The number of ether oxygens (including phenoxy) is 2. The number of methoxy groups -OCH3 is 2. The summed E-state index contributed by atoms with van der Waals surface area (Å²) in [5, 5.41) is 8.24. The van der Waals surface area contributed by atoms with Crippen LogP contribution in [0.25, 0.3) is 0 Å². The molecule has 0 bridgehead atoms. The highest BCUT2D eigenvalue weighted by Crippen LogP contribution is 2.24. The minimum absolute atomic E-state index is 0.114. The average Bonchev–Trinajstić information content (AvgIpc) is 2.76. The Balaban J connectivity index is 2.38. The third-order valence-electron chi connectivity index (χ3n) is 4.91. The van der Waals surface area contributed by atoms with Gasteiger partial charge in [-0.1, -0.05) is 30.3 Å². The van der Waals surface area contributed by atoms with Crippen LogP contribution >= 0.6 is 0 Å². The number of sulfonamides is 1. The Bertz CT molecular complexity index is 905. The predicted octanol–water partition coefficient (Wildman–Crippen LogP) is 3.85. The van der Waals surface area contributed by atoms with E-state index in [0.29, 0.717) is 17.9 Å². The van der Waals surface area contributed by atoms with E-state index in [-0.39, 0.29) is 19.5 Å². The summed E-state index contributed by atoms with van der Waals surface area (Å²) in [7, 11) is -0.794. The smallest absolute Gasteiger partial charge is 0.304 e. The van der Waals surface area contributed by atoms with E-state index in [2.05, 4.69) is 6.58 Å². The van der Waals surface area contributed by atoms with Crippen molar-refractivity contribution in [2.45, 2.75) is 37.6 Å². The molecule has 0 spiro atoms. The highest BCUT2D eigenvalue weighted by Gasteiger charge is 2.33. The van der Waals surface area contributed by atoms with E-state index < -0.39 is 27.7 Å². The Hall–Kier alpha value is -2.84. The Morgan fingerprint density at radius 2 is 1.45 bits per heavy atom. The number of nitrogens with zero attached hydrogens (tertiary/aromatic N) is 1. The van der Waals surface area contributed by atoms with E-state index in [1.54, 1.807) is 68.8 Å². The average molecular weight is 448 g/mol. The van der Waals surface area contributed by atoms with E-state index in [0.717, 1.165) is 11.1 Å². The summed E-state index contributed by atoms with van der Waals surface area (Å²) in [4.78, 5) is 11.4. The largest absolute Gasteiger partial charge is 0.497 e. The van der Waals surface area contributed by atoms with E-state index >= 15 is 0 Å². The lowest BCUT2D eigenvalue weighted by molar-refractivity contribution is -0.137. The van der Waals surface area contributed by atoms with Gasteiger partial charge in [-0.3, -0.25) is 4.79 Å². The second-order valence-corrected chi connectivity index (χ2v) is 9.31.